The van der Waals surface area contributed by atoms with Crippen LogP contribution < -0.4 is 5.32 Å². The lowest BCUT2D eigenvalue weighted by Crippen LogP contribution is -2.49. The first-order valence-corrected chi connectivity index (χ1v) is 10.4. The lowest BCUT2D eigenvalue weighted by atomic mass is 10.1. The van der Waals surface area contributed by atoms with Crippen molar-refractivity contribution in [3.05, 3.63) is 71.8 Å². The van der Waals surface area contributed by atoms with Crippen LogP contribution in [0.5, 0.6) is 0 Å². The fourth-order valence-electron chi connectivity index (χ4n) is 2.68. The highest BCUT2D eigenvalue weighted by molar-refractivity contribution is 7.99. The van der Waals surface area contributed by atoms with Crippen molar-refractivity contribution in [1.82, 2.24) is 10.2 Å². The van der Waals surface area contributed by atoms with Gasteiger partial charge in [-0.3, -0.25) is 9.59 Å². The van der Waals surface area contributed by atoms with Gasteiger partial charge in [0.1, 0.15) is 6.04 Å². The van der Waals surface area contributed by atoms with Crippen LogP contribution >= 0.6 is 11.8 Å². The summed E-state index contributed by atoms with van der Waals surface area (Å²) in [7, 11) is 0. The van der Waals surface area contributed by atoms with Gasteiger partial charge >= 0.3 is 0 Å². The minimum Gasteiger partial charge on any atom is -0.352 e. The maximum atomic E-state index is 12.9. The van der Waals surface area contributed by atoms with Crippen LogP contribution in [0, 0.1) is 0 Å². The van der Waals surface area contributed by atoms with E-state index < -0.39 is 6.04 Å². The van der Waals surface area contributed by atoms with Crippen LogP contribution in [0.15, 0.2) is 60.7 Å². The second-order valence-electron chi connectivity index (χ2n) is 6.82. The second kappa shape index (κ2) is 10.8. The van der Waals surface area contributed by atoms with E-state index in [1.165, 1.54) is 5.56 Å². The first-order valence-electron chi connectivity index (χ1n) is 9.23. The Morgan fingerprint density at radius 3 is 2.04 bits per heavy atom. The number of carbonyl (C=O) groups excluding carboxylic acids is 2. The molecule has 27 heavy (non-hydrogen) atoms. The summed E-state index contributed by atoms with van der Waals surface area (Å²) in [5.41, 5.74) is 2.21. The van der Waals surface area contributed by atoms with E-state index in [9.17, 15) is 9.59 Å². The Morgan fingerprint density at radius 1 is 0.926 bits per heavy atom. The summed E-state index contributed by atoms with van der Waals surface area (Å²) in [5.74, 6) is 0.979. The number of hydrogen-bond acceptors (Lipinski definition) is 3. The maximum Gasteiger partial charge on any atom is 0.242 e. The Bertz CT molecular complexity index is 720. The van der Waals surface area contributed by atoms with Crippen LogP contribution in [-0.2, 0) is 21.9 Å². The van der Waals surface area contributed by atoms with Crippen molar-refractivity contribution in [1.29, 1.82) is 0 Å². The molecule has 1 atom stereocenters. The van der Waals surface area contributed by atoms with Crippen molar-refractivity contribution in [2.24, 2.45) is 0 Å². The summed E-state index contributed by atoms with van der Waals surface area (Å²) in [4.78, 5) is 27.0. The summed E-state index contributed by atoms with van der Waals surface area (Å²) >= 11 is 1.57. The van der Waals surface area contributed by atoms with Crippen LogP contribution in [0.3, 0.4) is 0 Å². The molecule has 0 spiro atoms. The Hall–Kier alpha value is -2.27. The Balaban J connectivity index is 2.03. The van der Waals surface area contributed by atoms with Gasteiger partial charge in [-0.2, -0.15) is 0 Å². The molecule has 0 radical (unpaired) electrons. The average molecular weight is 385 g/mol. The second-order valence-corrected chi connectivity index (χ2v) is 7.81. The molecule has 5 heteroatoms. The third-order valence-corrected chi connectivity index (χ3v) is 5.12. The normalized spacial score (nSPS) is 11.9. The van der Waals surface area contributed by atoms with Gasteiger partial charge in [0.15, 0.2) is 0 Å². The van der Waals surface area contributed by atoms with Crippen LogP contribution in [0.1, 0.15) is 31.9 Å². The number of thioether (sulfide) groups is 1. The molecular formula is C22H28N2O2S. The van der Waals surface area contributed by atoms with E-state index in [2.05, 4.69) is 17.4 Å². The summed E-state index contributed by atoms with van der Waals surface area (Å²) in [6.45, 7) is 6.06. The molecule has 4 nitrogen and oxygen atoms in total. The van der Waals surface area contributed by atoms with Crippen molar-refractivity contribution in [3.63, 3.8) is 0 Å². The van der Waals surface area contributed by atoms with Gasteiger partial charge in [-0.05, 0) is 31.9 Å². The van der Waals surface area contributed by atoms with Gasteiger partial charge in [0, 0.05) is 18.3 Å². The first kappa shape index (κ1) is 21.0. The number of benzene rings is 2. The van der Waals surface area contributed by atoms with E-state index in [1.807, 2.05) is 62.4 Å². The van der Waals surface area contributed by atoms with Crippen LogP contribution in [0.2, 0.25) is 0 Å². The Morgan fingerprint density at radius 2 is 1.48 bits per heavy atom. The molecule has 0 fully saturated rings. The predicted octanol–water partition coefficient (Wildman–Crippen LogP) is 3.86. The lowest BCUT2D eigenvalue weighted by molar-refractivity contribution is -0.138. The van der Waals surface area contributed by atoms with Gasteiger partial charge in [0.25, 0.3) is 0 Å². The molecule has 1 unspecified atom stereocenters. The fraction of sp³-hybridized carbons (Fsp3) is 0.364. The molecule has 0 aliphatic carbocycles. The van der Waals surface area contributed by atoms with Gasteiger partial charge in [-0.1, -0.05) is 60.7 Å². The van der Waals surface area contributed by atoms with E-state index in [-0.39, 0.29) is 17.9 Å². The number of nitrogens with zero attached hydrogens (tertiary/aromatic N) is 1. The molecule has 0 bridgehead atoms. The quantitative estimate of drug-likeness (QED) is 0.714. The van der Waals surface area contributed by atoms with Crippen molar-refractivity contribution in [2.75, 3.05) is 5.75 Å². The molecule has 1 N–H and O–H groups in total. The third-order valence-electron chi connectivity index (χ3n) is 4.13. The molecule has 144 valence electrons. The molecule has 0 aliphatic rings. The van der Waals surface area contributed by atoms with Crippen LogP contribution in [0.4, 0.5) is 0 Å². The Labute approximate surface area is 166 Å². The van der Waals surface area contributed by atoms with Gasteiger partial charge in [0.05, 0.1) is 5.75 Å². The van der Waals surface area contributed by atoms with Gasteiger partial charge < -0.3 is 10.2 Å². The smallest absolute Gasteiger partial charge is 0.242 e. The summed E-state index contributed by atoms with van der Waals surface area (Å²) < 4.78 is 0. The molecule has 2 amide bonds. The molecule has 0 aromatic heterocycles. The van der Waals surface area contributed by atoms with E-state index in [4.69, 9.17) is 0 Å². The first-order chi connectivity index (χ1) is 13.0. The summed E-state index contributed by atoms with van der Waals surface area (Å²) in [5, 5.41) is 2.91. The molecule has 2 aromatic carbocycles. The van der Waals surface area contributed by atoms with E-state index in [1.54, 1.807) is 23.6 Å². The third kappa shape index (κ3) is 7.10. The van der Waals surface area contributed by atoms with Gasteiger partial charge in [-0.25, -0.2) is 0 Å². The molecular weight excluding hydrogens is 356 g/mol. The van der Waals surface area contributed by atoms with E-state index in [0.29, 0.717) is 12.3 Å². The zero-order chi connectivity index (χ0) is 19.6. The topological polar surface area (TPSA) is 49.4 Å². The lowest BCUT2D eigenvalue weighted by Gasteiger charge is -2.29. The van der Waals surface area contributed by atoms with Gasteiger partial charge in [0.2, 0.25) is 11.8 Å². The number of nitrogens with one attached hydrogen (secondary N) is 1. The molecule has 0 heterocycles. The summed E-state index contributed by atoms with van der Waals surface area (Å²) in [6.07, 6.45) is 0. The van der Waals surface area contributed by atoms with Crippen LogP contribution in [0.25, 0.3) is 0 Å². The number of amides is 2. The molecule has 0 saturated carbocycles. The highest BCUT2D eigenvalue weighted by Gasteiger charge is 2.26. The molecule has 0 aliphatic heterocycles. The fourth-order valence-corrected chi connectivity index (χ4v) is 3.55. The molecule has 0 saturated heterocycles. The summed E-state index contributed by atoms with van der Waals surface area (Å²) in [6, 6.07) is 19.4. The monoisotopic (exact) mass is 384 g/mol. The van der Waals surface area contributed by atoms with Gasteiger partial charge in [-0.15, -0.1) is 11.8 Å². The van der Waals surface area contributed by atoms with Crippen molar-refractivity contribution in [2.45, 2.75) is 45.2 Å². The SMILES string of the molecule is CC(C)NC(=O)C(C)N(Cc1ccccc1)C(=O)CSCc1ccccc1. The van der Waals surface area contributed by atoms with Crippen LogP contribution in [-0.4, -0.2) is 34.6 Å². The number of carbonyl (C=O) groups is 2. The number of hydrogen-bond donors (Lipinski definition) is 1. The zero-order valence-electron chi connectivity index (χ0n) is 16.2. The Kier molecular flexibility index (Phi) is 8.40. The predicted molar refractivity (Wildman–Crippen MR) is 112 cm³/mol. The van der Waals surface area contributed by atoms with E-state index in [0.717, 1.165) is 11.3 Å². The van der Waals surface area contributed by atoms with Crippen molar-refractivity contribution in [3.8, 4) is 0 Å². The van der Waals surface area contributed by atoms with E-state index >= 15 is 0 Å². The largest absolute Gasteiger partial charge is 0.352 e. The standard InChI is InChI=1S/C22H28N2O2S/c1-17(2)23-22(26)18(3)24(14-19-10-6-4-7-11-19)21(25)16-27-15-20-12-8-5-9-13-20/h4-13,17-18H,14-16H2,1-3H3,(H,23,26). The average Bonchev–Trinajstić information content (AvgIpc) is 2.66. The highest BCUT2D eigenvalue weighted by Crippen LogP contribution is 2.16. The minimum absolute atomic E-state index is 0.0220. The molecule has 2 rings (SSSR count). The highest BCUT2D eigenvalue weighted by atomic mass is 32.2. The zero-order valence-corrected chi connectivity index (χ0v) is 17.0. The maximum absolute atomic E-state index is 12.9. The molecule has 2 aromatic rings. The van der Waals surface area contributed by atoms with Crippen molar-refractivity contribution >= 4 is 23.6 Å². The minimum atomic E-state index is -0.516. The van der Waals surface area contributed by atoms with Crippen molar-refractivity contribution < 1.29 is 9.59 Å². The number of rotatable bonds is 9.